The molecule has 1 aromatic rings. The first-order chi connectivity index (χ1) is 9.06. The standard InChI is InChI=1S/C14H18O5/c1-4-7-11(15)8-5-6-9(18-2)12(16)10(8)13(17)14(7)19-3/h9,15,17H,4-6H2,1-3H3. The predicted molar refractivity (Wildman–Crippen MR) is 69.2 cm³/mol. The fourth-order valence-electron chi connectivity index (χ4n) is 2.66. The van der Waals surface area contributed by atoms with Crippen molar-refractivity contribution in [3.05, 3.63) is 16.7 Å². The molecular weight excluding hydrogens is 248 g/mol. The number of rotatable bonds is 3. The highest BCUT2D eigenvalue weighted by molar-refractivity contribution is 6.05. The first kappa shape index (κ1) is 13.7. The third kappa shape index (κ3) is 1.94. The number of ether oxygens (including phenoxy) is 2. The van der Waals surface area contributed by atoms with Gasteiger partial charge in [-0.05, 0) is 19.3 Å². The first-order valence-electron chi connectivity index (χ1n) is 6.27. The van der Waals surface area contributed by atoms with Gasteiger partial charge in [-0.15, -0.1) is 0 Å². The molecule has 0 aromatic heterocycles. The highest BCUT2D eigenvalue weighted by Crippen LogP contribution is 2.46. The minimum atomic E-state index is -0.574. The summed E-state index contributed by atoms with van der Waals surface area (Å²) in [7, 11) is 2.86. The van der Waals surface area contributed by atoms with E-state index in [-0.39, 0.29) is 28.6 Å². The zero-order chi connectivity index (χ0) is 14.2. The van der Waals surface area contributed by atoms with Crippen LogP contribution in [-0.2, 0) is 17.6 Å². The monoisotopic (exact) mass is 266 g/mol. The van der Waals surface area contributed by atoms with Gasteiger partial charge in [-0.3, -0.25) is 4.79 Å². The van der Waals surface area contributed by atoms with Crippen LogP contribution in [0.15, 0.2) is 0 Å². The molecule has 1 unspecified atom stereocenters. The minimum Gasteiger partial charge on any atom is -0.507 e. The summed E-state index contributed by atoms with van der Waals surface area (Å²) in [5.41, 5.74) is 1.15. The lowest BCUT2D eigenvalue weighted by Gasteiger charge is -2.26. The third-order valence-corrected chi connectivity index (χ3v) is 3.64. The Balaban J connectivity index is 2.71. The summed E-state index contributed by atoms with van der Waals surface area (Å²) in [5, 5.41) is 20.5. The summed E-state index contributed by atoms with van der Waals surface area (Å²) in [6, 6.07) is 0. The van der Waals surface area contributed by atoms with Crippen molar-refractivity contribution in [2.75, 3.05) is 14.2 Å². The topological polar surface area (TPSA) is 76.0 Å². The van der Waals surface area contributed by atoms with Crippen LogP contribution in [-0.4, -0.2) is 36.3 Å². The Bertz CT molecular complexity index is 521. The number of aromatic hydroxyl groups is 2. The van der Waals surface area contributed by atoms with Crippen LogP contribution < -0.4 is 4.74 Å². The molecule has 1 aromatic carbocycles. The molecule has 2 N–H and O–H groups in total. The van der Waals surface area contributed by atoms with E-state index in [4.69, 9.17) is 9.47 Å². The molecule has 1 aliphatic carbocycles. The van der Waals surface area contributed by atoms with Gasteiger partial charge in [-0.1, -0.05) is 6.92 Å². The molecule has 1 atom stereocenters. The number of fused-ring (bicyclic) bond motifs is 1. The van der Waals surface area contributed by atoms with Gasteiger partial charge in [0.25, 0.3) is 0 Å². The average molecular weight is 266 g/mol. The van der Waals surface area contributed by atoms with E-state index in [0.717, 1.165) is 0 Å². The van der Waals surface area contributed by atoms with E-state index in [9.17, 15) is 15.0 Å². The fraction of sp³-hybridized carbons (Fsp3) is 0.500. The summed E-state index contributed by atoms with van der Waals surface area (Å²) in [4.78, 5) is 12.2. The van der Waals surface area contributed by atoms with Crippen molar-refractivity contribution in [3.63, 3.8) is 0 Å². The highest BCUT2D eigenvalue weighted by atomic mass is 16.5. The van der Waals surface area contributed by atoms with Crippen LogP contribution in [0.2, 0.25) is 0 Å². The molecule has 19 heavy (non-hydrogen) atoms. The summed E-state index contributed by atoms with van der Waals surface area (Å²) in [6.07, 6.45) is 0.938. The van der Waals surface area contributed by atoms with Gasteiger partial charge in [0.05, 0.1) is 12.7 Å². The lowest BCUT2D eigenvalue weighted by molar-refractivity contribution is 0.0554. The summed E-state index contributed by atoms with van der Waals surface area (Å²) >= 11 is 0. The van der Waals surface area contributed by atoms with Crippen molar-refractivity contribution in [3.8, 4) is 17.2 Å². The van der Waals surface area contributed by atoms with Gasteiger partial charge in [0.15, 0.2) is 17.3 Å². The molecule has 0 fully saturated rings. The number of benzene rings is 1. The Morgan fingerprint density at radius 1 is 1.26 bits per heavy atom. The number of Topliss-reactive ketones (excluding diaryl/α,β-unsaturated/α-hetero) is 1. The smallest absolute Gasteiger partial charge is 0.195 e. The number of carbonyl (C=O) groups is 1. The maximum atomic E-state index is 12.2. The number of carbonyl (C=O) groups excluding carboxylic acids is 1. The largest absolute Gasteiger partial charge is 0.507 e. The van der Waals surface area contributed by atoms with Gasteiger partial charge < -0.3 is 19.7 Å². The number of phenolic OH excluding ortho intramolecular Hbond substituents is 2. The van der Waals surface area contributed by atoms with E-state index in [1.54, 1.807) is 0 Å². The van der Waals surface area contributed by atoms with E-state index >= 15 is 0 Å². The van der Waals surface area contributed by atoms with Gasteiger partial charge >= 0.3 is 0 Å². The van der Waals surface area contributed by atoms with E-state index in [2.05, 4.69) is 0 Å². The molecule has 0 bridgehead atoms. The molecule has 0 radical (unpaired) electrons. The van der Waals surface area contributed by atoms with Gasteiger partial charge in [0, 0.05) is 18.2 Å². The van der Waals surface area contributed by atoms with Crippen molar-refractivity contribution < 1.29 is 24.5 Å². The quantitative estimate of drug-likeness (QED) is 0.816. The Morgan fingerprint density at radius 2 is 1.95 bits per heavy atom. The van der Waals surface area contributed by atoms with Crippen LogP contribution in [0.4, 0.5) is 0 Å². The normalized spacial score (nSPS) is 18.3. The molecule has 104 valence electrons. The van der Waals surface area contributed by atoms with Crippen molar-refractivity contribution in [2.24, 2.45) is 0 Å². The van der Waals surface area contributed by atoms with E-state index in [0.29, 0.717) is 30.4 Å². The molecule has 2 rings (SSSR count). The zero-order valence-electron chi connectivity index (χ0n) is 11.3. The van der Waals surface area contributed by atoms with Gasteiger partial charge in [0.2, 0.25) is 0 Å². The molecule has 1 aliphatic rings. The van der Waals surface area contributed by atoms with Crippen LogP contribution >= 0.6 is 0 Å². The predicted octanol–water partition coefficient (Wildman–Crippen LogP) is 1.81. The fourth-order valence-corrected chi connectivity index (χ4v) is 2.66. The van der Waals surface area contributed by atoms with Gasteiger partial charge in [0.1, 0.15) is 11.9 Å². The molecule has 0 saturated heterocycles. The molecule has 0 heterocycles. The Labute approximate surface area is 111 Å². The minimum absolute atomic E-state index is 0.0510. The van der Waals surface area contributed by atoms with Crippen molar-refractivity contribution in [1.29, 1.82) is 0 Å². The SMILES string of the molecule is CCc1c(O)c2c(c(O)c1OC)C(=O)C(OC)CC2. The summed E-state index contributed by atoms with van der Waals surface area (Å²) in [5.74, 6) is -0.282. The lowest BCUT2D eigenvalue weighted by Crippen LogP contribution is -2.29. The van der Waals surface area contributed by atoms with Crippen LogP contribution in [0.3, 0.4) is 0 Å². The Kier molecular flexibility index (Phi) is 3.66. The second-order valence-corrected chi connectivity index (χ2v) is 4.54. The molecule has 5 nitrogen and oxygen atoms in total. The van der Waals surface area contributed by atoms with Crippen molar-refractivity contribution >= 4 is 5.78 Å². The Morgan fingerprint density at radius 3 is 2.47 bits per heavy atom. The number of ketones is 1. The third-order valence-electron chi connectivity index (χ3n) is 3.64. The summed E-state index contributed by atoms with van der Waals surface area (Å²) < 4.78 is 10.2. The average Bonchev–Trinajstić information content (AvgIpc) is 2.42. The zero-order valence-corrected chi connectivity index (χ0v) is 11.3. The molecule has 0 saturated carbocycles. The molecule has 0 amide bonds. The highest BCUT2D eigenvalue weighted by Gasteiger charge is 2.35. The molecule has 5 heteroatoms. The van der Waals surface area contributed by atoms with E-state index in [1.807, 2.05) is 6.92 Å². The van der Waals surface area contributed by atoms with Gasteiger partial charge in [-0.2, -0.15) is 0 Å². The van der Waals surface area contributed by atoms with Crippen LogP contribution in [0.5, 0.6) is 17.2 Å². The van der Waals surface area contributed by atoms with Crippen LogP contribution in [0.25, 0.3) is 0 Å². The number of hydrogen-bond donors (Lipinski definition) is 2. The first-order valence-corrected chi connectivity index (χ1v) is 6.27. The lowest BCUT2D eigenvalue weighted by atomic mass is 9.85. The molecule has 0 aliphatic heterocycles. The molecule has 0 spiro atoms. The second kappa shape index (κ2) is 5.09. The Hall–Kier alpha value is -1.75. The number of phenols is 2. The van der Waals surface area contributed by atoms with Crippen molar-refractivity contribution in [1.82, 2.24) is 0 Å². The molecular formula is C14H18O5. The number of hydrogen-bond acceptors (Lipinski definition) is 5. The van der Waals surface area contributed by atoms with E-state index < -0.39 is 6.10 Å². The second-order valence-electron chi connectivity index (χ2n) is 4.54. The van der Waals surface area contributed by atoms with Gasteiger partial charge in [-0.25, -0.2) is 0 Å². The van der Waals surface area contributed by atoms with Crippen molar-refractivity contribution in [2.45, 2.75) is 32.3 Å². The summed E-state index contributed by atoms with van der Waals surface area (Å²) in [6.45, 7) is 1.85. The number of methoxy groups -OCH3 is 2. The van der Waals surface area contributed by atoms with Crippen LogP contribution in [0.1, 0.15) is 34.8 Å². The van der Waals surface area contributed by atoms with Crippen LogP contribution in [0, 0.1) is 0 Å². The maximum absolute atomic E-state index is 12.2. The maximum Gasteiger partial charge on any atom is 0.195 e. The van der Waals surface area contributed by atoms with E-state index in [1.165, 1.54) is 14.2 Å².